The lowest BCUT2D eigenvalue weighted by Crippen LogP contribution is -2.49. The number of esters is 1. The van der Waals surface area contributed by atoms with Crippen LogP contribution in [0.1, 0.15) is 39.0 Å². The zero-order valence-electron chi connectivity index (χ0n) is 17.9. The number of pyridine rings is 1. The minimum Gasteiger partial charge on any atom is -0.462 e. The summed E-state index contributed by atoms with van der Waals surface area (Å²) in [6.45, 7) is 4.24. The summed E-state index contributed by atoms with van der Waals surface area (Å²) in [5.41, 5.74) is -0.940. The van der Waals surface area contributed by atoms with Crippen molar-refractivity contribution in [2.45, 2.75) is 20.0 Å². The van der Waals surface area contributed by atoms with Gasteiger partial charge in [-0.2, -0.15) is 13.2 Å². The van der Waals surface area contributed by atoms with Crippen LogP contribution >= 0.6 is 0 Å². The fourth-order valence-corrected chi connectivity index (χ4v) is 3.53. The Labute approximate surface area is 186 Å². The molecule has 1 saturated heterocycles. The minimum atomic E-state index is -4.69. The molecule has 0 bridgehead atoms. The molecular formula is C21H21F3N4O5. The Morgan fingerprint density at radius 2 is 1.82 bits per heavy atom. The maximum Gasteiger partial charge on any atom is 0.416 e. The zero-order valence-corrected chi connectivity index (χ0v) is 17.9. The number of rotatable bonds is 5. The number of aryl methyl sites for hydroxylation is 1. The van der Waals surface area contributed by atoms with Gasteiger partial charge in [-0.3, -0.25) is 14.9 Å². The first-order valence-electron chi connectivity index (χ1n) is 10.1. The van der Waals surface area contributed by atoms with Crippen LogP contribution in [0.4, 0.5) is 24.5 Å². The molecule has 0 aliphatic carbocycles. The van der Waals surface area contributed by atoms with Crippen molar-refractivity contribution < 1.29 is 32.4 Å². The smallest absolute Gasteiger partial charge is 0.416 e. The molecular weight excluding hydrogens is 445 g/mol. The highest BCUT2D eigenvalue weighted by Gasteiger charge is 2.34. The maximum atomic E-state index is 12.9. The number of hydrogen-bond acceptors (Lipinski definition) is 7. The van der Waals surface area contributed by atoms with E-state index in [1.54, 1.807) is 18.7 Å². The molecule has 2 aromatic rings. The molecule has 1 fully saturated rings. The summed E-state index contributed by atoms with van der Waals surface area (Å²) in [5, 5.41) is 11.4. The van der Waals surface area contributed by atoms with E-state index in [4.69, 9.17) is 4.74 Å². The van der Waals surface area contributed by atoms with Crippen molar-refractivity contribution >= 4 is 23.3 Å². The number of alkyl halides is 3. The van der Waals surface area contributed by atoms with Crippen molar-refractivity contribution in [3.05, 3.63) is 63.0 Å². The number of nitro groups is 1. The van der Waals surface area contributed by atoms with Gasteiger partial charge >= 0.3 is 12.1 Å². The number of ether oxygens (including phenoxy) is 1. The quantitative estimate of drug-likeness (QED) is 0.377. The van der Waals surface area contributed by atoms with Crippen LogP contribution in [0.5, 0.6) is 0 Å². The van der Waals surface area contributed by atoms with Gasteiger partial charge in [-0.1, -0.05) is 0 Å². The molecule has 0 atom stereocenters. The largest absolute Gasteiger partial charge is 0.462 e. The summed E-state index contributed by atoms with van der Waals surface area (Å²) >= 11 is 0. The molecule has 0 spiro atoms. The van der Waals surface area contributed by atoms with Gasteiger partial charge in [-0.05, 0) is 38.1 Å². The van der Waals surface area contributed by atoms with E-state index in [0.717, 1.165) is 12.1 Å². The first kappa shape index (κ1) is 24.0. The van der Waals surface area contributed by atoms with Gasteiger partial charge in [0, 0.05) is 32.2 Å². The lowest BCUT2D eigenvalue weighted by molar-refractivity contribution is -0.384. The number of nitro benzene ring substituents is 1. The molecule has 9 nitrogen and oxygen atoms in total. The summed E-state index contributed by atoms with van der Waals surface area (Å²) in [6, 6.07) is 5.30. The predicted molar refractivity (Wildman–Crippen MR) is 111 cm³/mol. The summed E-state index contributed by atoms with van der Waals surface area (Å²) in [7, 11) is 0. The van der Waals surface area contributed by atoms with E-state index in [-0.39, 0.29) is 55.6 Å². The Balaban J connectivity index is 1.72. The van der Waals surface area contributed by atoms with Gasteiger partial charge in [0.1, 0.15) is 11.4 Å². The van der Waals surface area contributed by atoms with Crippen LogP contribution in [0.2, 0.25) is 0 Å². The summed E-state index contributed by atoms with van der Waals surface area (Å²) in [5.74, 6) is -0.914. The Kier molecular flexibility index (Phi) is 6.84. The molecule has 0 saturated carbocycles. The molecule has 33 heavy (non-hydrogen) atoms. The number of hydrogen-bond donors (Lipinski definition) is 0. The van der Waals surface area contributed by atoms with Crippen LogP contribution in [0.3, 0.4) is 0 Å². The molecule has 176 valence electrons. The lowest BCUT2D eigenvalue weighted by Gasteiger charge is -2.35. The number of carbonyl (C=O) groups is 2. The van der Waals surface area contributed by atoms with E-state index >= 15 is 0 Å². The first-order chi connectivity index (χ1) is 15.5. The Morgan fingerprint density at radius 1 is 1.15 bits per heavy atom. The summed E-state index contributed by atoms with van der Waals surface area (Å²) in [6.07, 6.45) is -4.69. The third-order valence-corrected chi connectivity index (χ3v) is 5.21. The monoisotopic (exact) mass is 466 g/mol. The van der Waals surface area contributed by atoms with E-state index in [1.165, 1.54) is 17.0 Å². The topological polar surface area (TPSA) is 106 Å². The first-order valence-corrected chi connectivity index (χ1v) is 10.1. The molecule has 1 aliphatic rings. The van der Waals surface area contributed by atoms with E-state index in [2.05, 4.69) is 4.98 Å². The second-order valence-electron chi connectivity index (χ2n) is 7.29. The number of halogens is 3. The number of anilines is 1. The fraction of sp³-hybridized carbons (Fsp3) is 0.381. The van der Waals surface area contributed by atoms with Gasteiger partial charge in [0.25, 0.3) is 11.6 Å². The highest BCUT2D eigenvalue weighted by Crippen LogP contribution is 2.36. The standard InChI is InChI=1S/C21H21F3N4O5/c1-3-33-20(30)15-5-6-16(25-13(15)2)19(29)27-10-8-26(9-11-27)17-7-4-14(21(22,23)24)12-18(17)28(31)32/h4-7,12H,3,8-11H2,1-2H3. The van der Waals surface area contributed by atoms with Gasteiger partial charge in [-0.15, -0.1) is 0 Å². The van der Waals surface area contributed by atoms with Gasteiger partial charge in [-0.25, -0.2) is 9.78 Å². The van der Waals surface area contributed by atoms with E-state index in [0.29, 0.717) is 11.8 Å². The fourth-order valence-electron chi connectivity index (χ4n) is 3.53. The average molecular weight is 466 g/mol. The zero-order chi connectivity index (χ0) is 24.3. The van der Waals surface area contributed by atoms with Gasteiger partial charge in [0.05, 0.1) is 28.4 Å². The molecule has 0 unspecified atom stereocenters. The van der Waals surface area contributed by atoms with Crippen LogP contribution in [0.25, 0.3) is 0 Å². The van der Waals surface area contributed by atoms with Crippen LogP contribution in [-0.2, 0) is 10.9 Å². The third kappa shape index (κ3) is 5.21. The van der Waals surface area contributed by atoms with Crippen LogP contribution in [0.15, 0.2) is 30.3 Å². The maximum absolute atomic E-state index is 12.9. The number of amides is 1. The minimum absolute atomic E-state index is 0.0628. The molecule has 1 aromatic carbocycles. The predicted octanol–water partition coefficient (Wildman–Crippen LogP) is 3.46. The molecule has 1 aromatic heterocycles. The second kappa shape index (κ2) is 9.43. The molecule has 0 radical (unpaired) electrons. The Morgan fingerprint density at radius 3 is 2.36 bits per heavy atom. The van der Waals surface area contributed by atoms with Gasteiger partial charge < -0.3 is 14.5 Å². The molecule has 0 N–H and O–H groups in total. The normalized spacial score (nSPS) is 14.2. The Hall–Kier alpha value is -3.70. The molecule has 2 heterocycles. The molecule has 1 aliphatic heterocycles. The van der Waals surface area contributed by atoms with Crippen molar-refractivity contribution in [2.24, 2.45) is 0 Å². The van der Waals surface area contributed by atoms with Crippen LogP contribution < -0.4 is 4.90 Å². The molecule has 12 heteroatoms. The number of carbonyl (C=O) groups excluding carboxylic acids is 2. The molecule has 1 amide bonds. The van der Waals surface area contributed by atoms with Crippen molar-refractivity contribution in [1.82, 2.24) is 9.88 Å². The van der Waals surface area contributed by atoms with E-state index < -0.39 is 28.3 Å². The number of aromatic nitrogens is 1. The van der Waals surface area contributed by atoms with Crippen molar-refractivity contribution in [2.75, 3.05) is 37.7 Å². The van der Waals surface area contributed by atoms with Crippen LogP contribution in [-0.4, -0.2) is 59.5 Å². The van der Waals surface area contributed by atoms with Crippen molar-refractivity contribution in [3.8, 4) is 0 Å². The highest BCUT2D eigenvalue weighted by molar-refractivity contribution is 5.95. The molecule has 3 rings (SSSR count). The number of nitrogens with zero attached hydrogens (tertiary/aromatic N) is 4. The lowest BCUT2D eigenvalue weighted by atomic mass is 10.1. The van der Waals surface area contributed by atoms with Gasteiger partial charge in [0.15, 0.2) is 0 Å². The number of benzene rings is 1. The SMILES string of the molecule is CCOC(=O)c1ccc(C(=O)N2CCN(c3ccc(C(F)(F)F)cc3[N+](=O)[O-])CC2)nc1C. The second-order valence-corrected chi connectivity index (χ2v) is 7.29. The van der Waals surface area contributed by atoms with E-state index in [9.17, 15) is 32.9 Å². The highest BCUT2D eigenvalue weighted by atomic mass is 19.4. The summed E-state index contributed by atoms with van der Waals surface area (Å²) < 4.78 is 43.7. The van der Waals surface area contributed by atoms with Crippen molar-refractivity contribution in [1.29, 1.82) is 0 Å². The summed E-state index contributed by atoms with van der Waals surface area (Å²) in [4.78, 5) is 42.5. The number of piperazine rings is 1. The van der Waals surface area contributed by atoms with Crippen molar-refractivity contribution in [3.63, 3.8) is 0 Å². The van der Waals surface area contributed by atoms with Crippen LogP contribution in [0, 0.1) is 17.0 Å². The van der Waals surface area contributed by atoms with E-state index in [1.807, 2.05) is 0 Å². The van der Waals surface area contributed by atoms with Gasteiger partial charge in [0.2, 0.25) is 0 Å². The average Bonchev–Trinajstić information content (AvgIpc) is 2.77. The Bertz CT molecular complexity index is 1080. The third-order valence-electron chi connectivity index (χ3n) is 5.21.